The maximum Gasteiger partial charge on any atom is 0.254 e. The summed E-state index contributed by atoms with van der Waals surface area (Å²) in [5.74, 6) is -0.151. The number of rotatable bonds is 4. The molecule has 3 nitrogen and oxygen atoms in total. The Kier molecular flexibility index (Phi) is 4.77. The first-order valence-electron chi connectivity index (χ1n) is 9.52. The van der Waals surface area contributed by atoms with Crippen molar-refractivity contribution in [3.63, 3.8) is 0 Å². The van der Waals surface area contributed by atoms with Gasteiger partial charge in [0.05, 0.1) is 6.04 Å². The zero-order chi connectivity index (χ0) is 18.1. The van der Waals surface area contributed by atoms with Crippen molar-refractivity contribution in [2.24, 2.45) is 0 Å². The highest BCUT2D eigenvalue weighted by Gasteiger charge is 2.33. The molecule has 0 spiro atoms. The first kappa shape index (κ1) is 17.2. The lowest BCUT2D eigenvalue weighted by molar-refractivity contribution is 0.0617. The Bertz CT molecular complexity index is 789. The van der Waals surface area contributed by atoms with Gasteiger partial charge in [-0.05, 0) is 62.1 Å². The lowest BCUT2D eigenvalue weighted by Gasteiger charge is -2.38. The molecule has 2 aromatic rings. The lowest BCUT2D eigenvalue weighted by Crippen LogP contribution is -2.45. The molecule has 1 saturated heterocycles. The van der Waals surface area contributed by atoms with Crippen molar-refractivity contribution in [1.82, 2.24) is 9.80 Å². The van der Waals surface area contributed by atoms with Crippen LogP contribution in [0.25, 0.3) is 0 Å². The summed E-state index contributed by atoms with van der Waals surface area (Å²) in [6.45, 7) is 4.98. The molecule has 1 unspecified atom stereocenters. The van der Waals surface area contributed by atoms with E-state index in [1.165, 1.54) is 25.0 Å². The summed E-state index contributed by atoms with van der Waals surface area (Å²) in [4.78, 5) is 17.6. The Hall–Kier alpha value is -2.20. The average molecular weight is 352 g/mol. The Morgan fingerprint density at radius 2 is 1.85 bits per heavy atom. The van der Waals surface area contributed by atoms with Gasteiger partial charge in [-0.3, -0.25) is 9.69 Å². The lowest BCUT2D eigenvalue weighted by atomic mass is 9.89. The molecule has 1 fully saturated rings. The number of halogens is 1. The molecule has 0 saturated carbocycles. The van der Waals surface area contributed by atoms with Gasteiger partial charge in [-0.15, -0.1) is 0 Å². The number of hydrogen-bond donors (Lipinski definition) is 0. The number of likely N-dealkylation sites (tertiary alicyclic amines) is 1. The third-order valence-electron chi connectivity index (χ3n) is 5.87. The Morgan fingerprint density at radius 1 is 1.08 bits per heavy atom. The van der Waals surface area contributed by atoms with E-state index in [4.69, 9.17) is 0 Å². The molecule has 2 aromatic carbocycles. The van der Waals surface area contributed by atoms with E-state index in [1.807, 2.05) is 41.3 Å². The predicted molar refractivity (Wildman–Crippen MR) is 101 cm³/mol. The van der Waals surface area contributed by atoms with Crippen molar-refractivity contribution in [1.29, 1.82) is 0 Å². The molecular weight excluding hydrogens is 327 g/mol. The summed E-state index contributed by atoms with van der Waals surface area (Å²) in [6.07, 6.45) is 3.25. The van der Waals surface area contributed by atoms with Crippen LogP contribution in [0.3, 0.4) is 0 Å². The average Bonchev–Trinajstić information content (AvgIpc) is 3.06. The molecule has 136 valence electrons. The molecule has 0 N–H and O–H groups in total. The Morgan fingerprint density at radius 3 is 2.58 bits per heavy atom. The van der Waals surface area contributed by atoms with Gasteiger partial charge in [0.1, 0.15) is 5.82 Å². The van der Waals surface area contributed by atoms with Gasteiger partial charge in [0.25, 0.3) is 5.91 Å². The maximum absolute atomic E-state index is 13.4. The minimum atomic E-state index is -0.242. The topological polar surface area (TPSA) is 23.6 Å². The second kappa shape index (κ2) is 7.20. The van der Waals surface area contributed by atoms with Gasteiger partial charge < -0.3 is 4.90 Å². The molecule has 4 heteroatoms. The quantitative estimate of drug-likeness (QED) is 0.829. The van der Waals surface area contributed by atoms with Gasteiger partial charge >= 0.3 is 0 Å². The fourth-order valence-corrected chi connectivity index (χ4v) is 4.32. The summed E-state index contributed by atoms with van der Waals surface area (Å²) in [6, 6.07) is 15.0. The number of hydrogen-bond acceptors (Lipinski definition) is 2. The van der Waals surface area contributed by atoms with Crippen LogP contribution in [0.15, 0.2) is 48.5 Å². The van der Waals surface area contributed by atoms with Crippen molar-refractivity contribution in [3.05, 3.63) is 71.0 Å². The molecule has 2 aliphatic rings. The van der Waals surface area contributed by atoms with Gasteiger partial charge in [-0.2, -0.15) is 0 Å². The number of carbonyl (C=O) groups is 1. The summed E-state index contributed by atoms with van der Waals surface area (Å²) in [5.41, 5.74) is 2.89. The van der Waals surface area contributed by atoms with Crippen LogP contribution in [-0.4, -0.2) is 41.4 Å². The van der Waals surface area contributed by atoms with Gasteiger partial charge in [0.15, 0.2) is 0 Å². The second-order valence-corrected chi connectivity index (χ2v) is 7.45. The number of nitrogens with zero attached hydrogens (tertiary/aromatic N) is 2. The fourth-order valence-electron chi connectivity index (χ4n) is 4.32. The highest BCUT2D eigenvalue weighted by atomic mass is 19.1. The molecule has 4 rings (SSSR count). The standard InChI is InChI=1S/C22H25FN2O/c1-16-5-4-12-24(16)13-14-25-21(17-8-10-19(23)11-9-17)15-18-6-2-3-7-20(18)22(25)26/h2-3,6-11,16,21H,4-5,12-15H2,1H3/t16-,21?/m1/s1. The highest BCUT2D eigenvalue weighted by molar-refractivity contribution is 5.97. The van der Waals surface area contributed by atoms with E-state index in [0.29, 0.717) is 12.6 Å². The van der Waals surface area contributed by atoms with Crippen molar-refractivity contribution < 1.29 is 9.18 Å². The molecular formula is C22H25FN2O. The van der Waals surface area contributed by atoms with E-state index in [0.717, 1.165) is 36.2 Å². The Balaban J connectivity index is 1.62. The maximum atomic E-state index is 13.4. The van der Waals surface area contributed by atoms with E-state index in [9.17, 15) is 9.18 Å². The van der Waals surface area contributed by atoms with Crippen LogP contribution < -0.4 is 0 Å². The molecule has 0 radical (unpaired) electrons. The number of benzene rings is 2. The summed E-state index contributed by atoms with van der Waals surface area (Å²) < 4.78 is 13.4. The van der Waals surface area contributed by atoms with E-state index in [2.05, 4.69) is 11.8 Å². The second-order valence-electron chi connectivity index (χ2n) is 7.45. The SMILES string of the molecule is C[C@@H]1CCCN1CCN1C(=O)c2ccccc2CC1c1ccc(F)cc1. The van der Waals surface area contributed by atoms with Crippen molar-refractivity contribution in [2.45, 2.75) is 38.3 Å². The first-order chi connectivity index (χ1) is 12.6. The largest absolute Gasteiger partial charge is 0.330 e. The minimum absolute atomic E-state index is 0.0316. The first-order valence-corrected chi connectivity index (χ1v) is 9.52. The Labute approximate surface area is 154 Å². The number of carbonyl (C=O) groups excluding carboxylic acids is 1. The molecule has 1 amide bonds. The van der Waals surface area contributed by atoms with E-state index < -0.39 is 0 Å². The third-order valence-corrected chi connectivity index (χ3v) is 5.87. The van der Waals surface area contributed by atoms with Crippen LogP contribution in [0, 0.1) is 5.82 Å². The molecule has 26 heavy (non-hydrogen) atoms. The monoisotopic (exact) mass is 352 g/mol. The van der Waals surface area contributed by atoms with Crippen LogP contribution in [0.2, 0.25) is 0 Å². The summed E-state index contributed by atoms with van der Waals surface area (Å²) in [7, 11) is 0. The van der Waals surface area contributed by atoms with Gasteiger partial charge in [0, 0.05) is 24.7 Å². The third kappa shape index (κ3) is 3.26. The normalized spacial score (nSPS) is 23.3. The summed E-state index contributed by atoms with van der Waals surface area (Å²) in [5, 5.41) is 0. The summed E-state index contributed by atoms with van der Waals surface area (Å²) >= 11 is 0. The van der Waals surface area contributed by atoms with Gasteiger partial charge in [0.2, 0.25) is 0 Å². The zero-order valence-electron chi connectivity index (χ0n) is 15.2. The van der Waals surface area contributed by atoms with Crippen LogP contribution in [0.1, 0.15) is 47.3 Å². The van der Waals surface area contributed by atoms with E-state index in [1.54, 1.807) is 0 Å². The molecule has 0 aliphatic carbocycles. The van der Waals surface area contributed by atoms with Crippen LogP contribution >= 0.6 is 0 Å². The number of fused-ring (bicyclic) bond motifs is 1. The predicted octanol–water partition coefficient (Wildman–Crippen LogP) is 4.05. The molecule has 2 atom stereocenters. The smallest absolute Gasteiger partial charge is 0.254 e. The molecule has 2 heterocycles. The van der Waals surface area contributed by atoms with Crippen molar-refractivity contribution in [3.8, 4) is 0 Å². The molecule has 0 bridgehead atoms. The minimum Gasteiger partial charge on any atom is -0.330 e. The zero-order valence-corrected chi connectivity index (χ0v) is 15.2. The van der Waals surface area contributed by atoms with Crippen LogP contribution in [0.4, 0.5) is 4.39 Å². The number of amides is 1. The fraction of sp³-hybridized carbons (Fsp3) is 0.409. The van der Waals surface area contributed by atoms with Crippen LogP contribution in [0.5, 0.6) is 0 Å². The van der Waals surface area contributed by atoms with E-state index in [-0.39, 0.29) is 17.8 Å². The van der Waals surface area contributed by atoms with Crippen LogP contribution in [-0.2, 0) is 6.42 Å². The van der Waals surface area contributed by atoms with E-state index >= 15 is 0 Å². The van der Waals surface area contributed by atoms with Crippen molar-refractivity contribution in [2.75, 3.05) is 19.6 Å². The van der Waals surface area contributed by atoms with Gasteiger partial charge in [-0.1, -0.05) is 30.3 Å². The molecule has 0 aromatic heterocycles. The van der Waals surface area contributed by atoms with Gasteiger partial charge in [-0.25, -0.2) is 4.39 Å². The highest BCUT2D eigenvalue weighted by Crippen LogP contribution is 2.33. The van der Waals surface area contributed by atoms with Crippen molar-refractivity contribution >= 4 is 5.91 Å². The molecule has 2 aliphatic heterocycles.